The van der Waals surface area contributed by atoms with Crippen LogP contribution in [-0.4, -0.2) is 69.0 Å². The summed E-state index contributed by atoms with van der Waals surface area (Å²) in [4.78, 5) is 4.75. The fourth-order valence-electron chi connectivity index (χ4n) is 3.52. The molecule has 1 unspecified atom stereocenters. The summed E-state index contributed by atoms with van der Waals surface area (Å²) in [6.07, 6.45) is 4.09. The normalized spacial score (nSPS) is 26.3. The van der Waals surface area contributed by atoms with Crippen LogP contribution in [0.1, 0.15) is 43.3 Å². The second kappa shape index (κ2) is 6.42. The summed E-state index contributed by atoms with van der Waals surface area (Å²) in [6, 6.07) is 0. The predicted octanol–water partition coefficient (Wildman–Crippen LogP) is 0.581. The molecule has 1 atom stereocenters. The van der Waals surface area contributed by atoms with Crippen molar-refractivity contribution in [3.05, 3.63) is 11.6 Å². The third-order valence-corrected chi connectivity index (χ3v) is 4.91. The SMILES string of the molecule is CN1CCCC(c2nnc(CN3CCC(O)CC3)n2C)C1. The van der Waals surface area contributed by atoms with E-state index in [-0.39, 0.29) is 6.10 Å². The molecule has 2 fully saturated rings. The number of aromatic nitrogens is 3. The number of likely N-dealkylation sites (tertiary alicyclic amines) is 2. The van der Waals surface area contributed by atoms with Crippen molar-refractivity contribution in [2.45, 2.75) is 44.2 Å². The largest absolute Gasteiger partial charge is 0.393 e. The molecule has 3 rings (SSSR count). The highest BCUT2D eigenvalue weighted by Crippen LogP contribution is 2.25. The number of piperidine rings is 2. The first kappa shape index (κ1) is 14.9. The average Bonchev–Trinajstić information content (AvgIpc) is 2.83. The van der Waals surface area contributed by atoms with Gasteiger partial charge in [0.1, 0.15) is 11.6 Å². The predicted molar refractivity (Wildman–Crippen MR) is 81.0 cm³/mol. The number of hydrogen-bond donors (Lipinski definition) is 1. The van der Waals surface area contributed by atoms with E-state index in [1.54, 1.807) is 0 Å². The van der Waals surface area contributed by atoms with Crippen molar-refractivity contribution in [2.24, 2.45) is 7.05 Å². The smallest absolute Gasteiger partial charge is 0.146 e. The molecule has 3 heterocycles. The highest BCUT2D eigenvalue weighted by molar-refractivity contribution is 5.04. The molecule has 0 amide bonds. The van der Waals surface area contributed by atoms with Crippen molar-refractivity contribution in [3.63, 3.8) is 0 Å². The van der Waals surface area contributed by atoms with Crippen LogP contribution in [0.15, 0.2) is 0 Å². The van der Waals surface area contributed by atoms with Gasteiger partial charge in [0.05, 0.1) is 12.6 Å². The molecule has 0 aliphatic carbocycles. The zero-order valence-corrected chi connectivity index (χ0v) is 13.2. The molecule has 6 heteroatoms. The van der Waals surface area contributed by atoms with E-state index in [1.807, 2.05) is 0 Å². The zero-order chi connectivity index (χ0) is 14.8. The summed E-state index contributed by atoms with van der Waals surface area (Å²) >= 11 is 0. The average molecular weight is 293 g/mol. The summed E-state index contributed by atoms with van der Waals surface area (Å²) in [6.45, 7) is 5.03. The van der Waals surface area contributed by atoms with E-state index in [1.165, 1.54) is 19.4 Å². The Morgan fingerprint density at radius 2 is 1.86 bits per heavy atom. The van der Waals surface area contributed by atoms with Crippen LogP contribution in [0.4, 0.5) is 0 Å². The monoisotopic (exact) mass is 293 g/mol. The Kier molecular flexibility index (Phi) is 4.57. The van der Waals surface area contributed by atoms with Crippen LogP contribution in [0.25, 0.3) is 0 Å². The van der Waals surface area contributed by atoms with E-state index in [0.29, 0.717) is 5.92 Å². The Balaban J connectivity index is 1.65. The van der Waals surface area contributed by atoms with Gasteiger partial charge >= 0.3 is 0 Å². The van der Waals surface area contributed by atoms with Gasteiger partial charge in [0, 0.05) is 32.6 Å². The number of aliphatic hydroxyl groups excluding tert-OH is 1. The maximum Gasteiger partial charge on any atom is 0.146 e. The quantitative estimate of drug-likeness (QED) is 0.883. The van der Waals surface area contributed by atoms with Gasteiger partial charge in [-0.1, -0.05) is 0 Å². The minimum atomic E-state index is -0.117. The minimum Gasteiger partial charge on any atom is -0.393 e. The summed E-state index contributed by atoms with van der Waals surface area (Å²) < 4.78 is 2.19. The van der Waals surface area contributed by atoms with E-state index in [9.17, 15) is 5.11 Å². The van der Waals surface area contributed by atoms with Crippen LogP contribution in [0.2, 0.25) is 0 Å². The van der Waals surface area contributed by atoms with Gasteiger partial charge in [0.2, 0.25) is 0 Å². The Labute approximate surface area is 126 Å². The fraction of sp³-hybridized carbons (Fsp3) is 0.867. The van der Waals surface area contributed by atoms with Crippen molar-refractivity contribution >= 4 is 0 Å². The summed E-state index contributed by atoms with van der Waals surface area (Å²) in [5, 5.41) is 18.5. The molecule has 1 aromatic rings. The Morgan fingerprint density at radius 3 is 2.57 bits per heavy atom. The molecule has 0 bridgehead atoms. The molecule has 1 aromatic heterocycles. The van der Waals surface area contributed by atoms with E-state index >= 15 is 0 Å². The summed E-state index contributed by atoms with van der Waals surface area (Å²) in [5.41, 5.74) is 0. The van der Waals surface area contributed by atoms with Gasteiger partial charge < -0.3 is 14.6 Å². The van der Waals surface area contributed by atoms with Gasteiger partial charge in [0.25, 0.3) is 0 Å². The van der Waals surface area contributed by atoms with Crippen LogP contribution < -0.4 is 0 Å². The van der Waals surface area contributed by atoms with Crippen LogP contribution in [0, 0.1) is 0 Å². The van der Waals surface area contributed by atoms with Gasteiger partial charge in [0.15, 0.2) is 0 Å². The first-order chi connectivity index (χ1) is 10.1. The lowest BCUT2D eigenvalue weighted by molar-refractivity contribution is 0.0775. The maximum atomic E-state index is 9.58. The number of nitrogens with zero attached hydrogens (tertiary/aromatic N) is 5. The lowest BCUT2D eigenvalue weighted by Gasteiger charge is -2.30. The Hall–Kier alpha value is -0.980. The molecule has 21 heavy (non-hydrogen) atoms. The van der Waals surface area contributed by atoms with E-state index < -0.39 is 0 Å². The minimum absolute atomic E-state index is 0.117. The number of rotatable bonds is 3. The molecule has 0 aromatic carbocycles. The zero-order valence-electron chi connectivity index (χ0n) is 13.2. The third kappa shape index (κ3) is 3.44. The van der Waals surface area contributed by atoms with E-state index in [4.69, 9.17) is 0 Å². The lowest BCUT2D eigenvalue weighted by Crippen LogP contribution is -2.36. The van der Waals surface area contributed by atoms with Crippen molar-refractivity contribution in [3.8, 4) is 0 Å². The van der Waals surface area contributed by atoms with Crippen molar-refractivity contribution < 1.29 is 5.11 Å². The summed E-state index contributed by atoms with van der Waals surface area (Å²) in [5.74, 6) is 2.70. The second-order valence-electron chi connectivity index (χ2n) is 6.64. The van der Waals surface area contributed by atoms with Gasteiger partial charge in [-0.25, -0.2) is 0 Å². The molecular formula is C15H27N5O. The molecule has 0 saturated carbocycles. The molecule has 0 radical (unpaired) electrons. The van der Waals surface area contributed by atoms with Crippen LogP contribution in [-0.2, 0) is 13.6 Å². The first-order valence-corrected chi connectivity index (χ1v) is 8.10. The highest BCUT2D eigenvalue weighted by Gasteiger charge is 2.25. The van der Waals surface area contributed by atoms with Crippen LogP contribution in [0.3, 0.4) is 0 Å². The topological polar surface area (TPSA) is 57.4 Å². The van der Waals surface area contributed by atoms with Crippen LogP contribution >= 0.6 is 0 Å². The second-order valence-corrected chi connectivity index (χ2v) is 6.64. The molecule has 2 aliphatic heterocycles. The standard InChI is InChI=1S/C15H27N5O/c1-18-7-3-4-12(10-18)15-17-16-14(19(15)2)11-20-8-5-13(21)6-9-20/h12-13,21H,3-11H2,1-2H3. The van der Waals surface area contributed by atoms with Gasteiger partial charge in [-0.3, -0.25) is 4.90 Å². The Bertz CT molecular complexity index is 467. The Morgan fingerprint density at radius 1 is 1.10 bits per heavy atom. The van der Waals surface area contributed by atoms with Crippen molar-refractivity contribution in [2.75, 3.05) is 33.2 Å². The number of aliphatic hydroxyl groups is 1. The molecule has 1 N–H and O–H groups in total. The lowest BCUT2D eigenvalue weighted by atomic mass is 9.98. The molecule has 6 nitrogen and oxygen atoms in total. The molecule has 118 valence electrons. The molecular weight excluding hydrogens is 266 g/mol. The molecule has 2 saturated heterocycles. The highest BCUT2D eigenvalue weighted by atomic mass is 16.3. The van der Waals surface area contributed by atoms with Crippen molar-refractivity contribution in [1.82, 2.24) is 24.6 Å². The first-order valence-electron chi connectivity index (χ1n) is 8.10. The number of likely N-dealkylation sites (N-methyl/N-ethyl adjacent to an activating group) is 1. The number of hydrogen-bond acceptors (Lipinski definition) is 5. The van der Waals surface area contributed by atoms with Gasteiger partial charge in [-0.05, 0) is 39.3 Å². The maximum absolute atomic E-state index is 9.58. The van der Waals surface area contributed by atoms with E-state index in [2.05, 4.69) is 38.7 Å². The van der Waals surface area contributed by atoms with E-state index in [0.717, 1.165) is 50.7 Å². The molecule has 2 aliphatic rings. The fourth-order valence-corrected chi connectivity index (χ4v) is 3.52. The third-order valence-electron chi connectivity index (χ3n) is 4.91. The summed E-state index contributed by atoms with van der Waals surface area (Å²) in [7, 11) is 4.28. The van der Waals surface area contributed by atoms with Gasteiger partial charge in [-0.15, -0.1) is 10.2 Å². The van der Waals surface area contributed by atoms with Crippen molar-refractivity contribution in [1.29, 1.82) is 0 Å². The van der Waals surface area contributed by atoms with Crippen LogP contribution in [0.5, 0.6) is 0 Å². The van der Waals surface area contributed by atoms with Gasteiger partial charge in [-0.2, -0.15) is 0 Å². The molecule has 0 spiro atoms.